The van der Waals surface area contributed by atoms with Gasteiger partial charge in [-0.1, -0.05) is 12.1 Å². The summed E-state index contributed by atoms with van der Waals surface area (Å²) in [5, 5.41) is 2.13. The molecule has 8 nitrogen and oxygen atoms in total. The number of rotatable bonds is 3. The molecule has 2 heterocycles. The van der Waals surface area contributed by atoms with Crippen LogP contribution < -0.4 is 11.1 Å². The smallest absolute Gasteiger partial charge is 0.262 e. The van der Waals surface area contributed by atoms with Crippen molar-refractivity contribution in [2.45, 2.75) is 31.7 Å². The number of nitrogens with one attached hydrogen (secondary N) is 1. The van der Waals surface area contributed by atoms with Crippen LogP contribution in [0.25, 0.3) is 0 Å². The summed E-state index contributed by atoms with van der Waals surface area (Å²) in [5.74, 6) is -3.74. The number of nitrogens with two attached hydrogens (primary N) is 1. The minimum absolute atomic E-state index is 0.0500. The van der Waals surface area contributed by atoms with Crippen LogP contribution in [0.1, 0.15) is 52.0 Å². The monoisotopic (exact) mass is 329 g/mol. The topological polar surface area (TPSA) is 127 Å². The number of piperidine rings is 1. The second-order valence-corrected chi connectivity index (χ2v) is 5.84. The van der Waals surface area contributed by atoms with Crippen LogP contribution in [0.2, 0.25) is 0 Å². The van der Waals surface area contributed by atoms with Crippen LogP contribution in [0, 0.1) is 0 Å². The summed E-state index contributed by atoms with van der Waals surface area (Å²) in [6, 6.07) is 3.56. The number of amides is 5. The highest BCUT2D eigenvalue weighted by molar-refractivity contribution is 6.24. The molecule has 124 valence electrons. The van der Waals surface area contributed by atoms with Crippen molar-refractivity contribution in [3.05, 3.63) is 34.9 Å². The zero-order valence-corrected chi connectivity index (χ0v) is 12.9. The zero-order valence-electron chi connectivity index (χ0n) is 12.9. The van der Waals surface area contributed by atoms with Gasteiger partial charge in [0.2, 0.25) is 17.7 Å². The molecule has 0 bridgehead atoms. The lowest BCUT2D eigenvalue weighted by Crippen LogP contribution is -2.54. The normalized spacial score (nSPS) is 21.5. The maximum Gasteiger partial charge on any atom is 0.262 e. The Morgan fingerprint density at radius 3 is 2.58 bits per heavy atom. The molecule has 0 aliphatic carbocycles. The fraction of sp³-hybridized carbons (Fsp3) is 0.312. The molecule has 0 saturated carbocycles. The van der Waals surface area contributed by atoms with E-state index in [2.05, 4.69) is 5.32 Å². The lowest BCUT2D eigenvalue weighted by atomic mass is 9.93. The molecule has 2 unspecified atom stereocenters. The summed E-state index contributed by atoms with van der Waals surface area (Å²) in [7, 11) is 0. The van der Waals surface area contributed by atoms with E-state index in [1.165, 1.54) is 6.07 Å². The Labute approximate surface area is 137 Å². The number of fused-ring (bicyclic) bond motifs is 1. The maximum atomic E-state index is 12.8. The summed E-state index contributed by atoms with van der Waals surface area (Å²) >= 11 is 0. The van der Waals surface area contributed by atoms with Gasteiger partial charge in [-0.2, -0.15) is 0 Å². The van der Waals surface area contributed by atoms with Gasteiger partial charge in [0.15, 0.2) is 0 Å². The molecule has 2 aliphatic rings. The lowest BCUT2D eigenvalue weighted by Gasteiger charge is -2.27. The third-order valence-electron chi connectivity index (χ3n) is 4.39. The first kappa shape index (κ1) is 15.9. The fourth-order valence-electron chi connectivity index (χ4n) is 3.06. The standard InChI is InChI=1S/C16H15N3O5/c1-7(13(17)21)8-3-2-4-9-12(8)16(24)19(15(9)23)10-5-6-11(20)18-14(10)22/h2-4,7,10H,5-6H2,1H3,(H2,17,21)(H,18,20,22). The second-order valence-electron chi connectivity index (χ2n) is 5.84. The number of primary amides is 1. The van der Waals surface area contributed by atoms with Crippen LogP contribution in [-0.2, 0) is 14.4 Å². The first-order valence-corrected chi connectivity index (χ1v) is 7.46. The molecule has 0 aromatic heterocycles. The van der Waals surface area contributed by atoms with Gasteiger partial charge < -0.3 is 5.73 Å². The molecule has 2 atom stereocenters. The van der Waals surface area contributed by atoms with E-state index in [0.29, 0.717) is 5.56 Å². The van der Waals surface area contributed by atoms with Crippen molar-refractivity contribution in [3.63, 3.8) is 0 Å². The number of benzene rings is 1. The molecule has 1 saturated heterocycles. The van der Waals surface area contributed by atoms with Gasteiger partial charge in [0, 0.05) is 6.42 Å². The third-order valence-corrected chi connectivity index (χ3v) is 4.39. The van der Waals surface area contributed by atoms with E-state index >= 15 is 0 Å². The van der Waals surface area contributed by atoms with Crippen LogP contribution in [0.4, 0.5) is 0 Å². The van der Waals surface area contributed by atoms with Gasteiger partial charge in [0.1, 0.15) is 6.04 Å². The maximum absolute atomic E-state index is 12.8. The van der Waals surface area contributed by atoms with Crippen LogP contribution in [0.15, 0.2) is 18.2 Å². The van der Waals surface area contributed by atoms with Crippen LogP contribution in [-0.4, -0.2) is 40.5 Å². The molecule has 24 heavy (non-hydrogen) atoms. The SMILES string of the molecule is CC(C(N)=O)c1cccc2c1C(=O)N(C1CCC(=O)NC1=O)C2=O. The molecule has 8 heteroatoms. The molecule has 3 N–H and O–H groups in total. The van der Waals surface area contributed by atoms with Crippen molar-refractivity contribution in [2.24, 2.45) is 5.73 Å². The van der Waals surface area contributed by atoms with Crippen LogP contribution in [0.3, 0.4) is 0 Å². The Balaban J connectivity index is 2.03. The van der Waals surface area contributed by atoms with E-state index < -0.39 is 41.5 Å². The number of nitrogens with zero attached hydrogens (tertiary/aromatic N) is 1. The zero-order chi connectivity index (χ0) is 17.6. The molecule has 0 radical (unpaired) electrons. The Morgan fingerprint density at radius 1 is 1.25 bits per heavy atom. The average Bonchev–Trinajstić information content (AvgIpc) is 2.79. The Bertz CT molecular complexity index is 801. The van der Waals surface area contributed by atoms with Gasteiger partial charge in [-0.05, 0) is 25.0 Å². The Morgan fingerprint density at radius 2 is 1.96 bits per heavy atom. The molecule has 1 aromatic carbocycles. The van der Waals surface area contributed by atoms with Crippen molar-refractivity contribution >= 4 is 29.5 Å². The van der Waals surface area contributed by atoms with E-state index in [4.69, 9.17) is 5.73 Å². The highest BCUT2D eigenvalue weighted by atomic mass is 16.2. The van der Waals surface area contributed by atoms with Crippen molar-refractivity contribution in [1.82, 2.24) is 10.2 Å². The lowest BCUT2D eigenvalue weighted by molar-refractivity contribution is -0.136. The van der Waals surface area contributed by atoms with E-state index in [9.17, 15) is 24.0 Å². The minimum atomic E-state index is -1.04. The first-order chi connectivity index (χ1) is 11.3. The van der Waals surface area contributed by atoms with Gasteiger partial charge in [-0.3, -0.25) is 34.2 Å². The third kappa shape index (κ3) is 2.27. The Kier molecular flexibility index (Phi) is 3.67. The first-order valence-electron chi connectivity index (χ1n) is 7.46. The van der Waals surface area contributed by atoms with Gasteiger partial charge in [0.05, 0.1) is 17.0 Å². The largest absolute Gasteiger partial charge is 0.369 e. The Hall–Kier alpha value is -3.03. The molecule has 0 spiro atoms. The highest BCUT2D eigenvalue weighted by Crippen LogP contribution is 2.32. The summed E-state index contributed by atoms with van der Waals surface area (Å²) in [5.41, 5.74) is 5.89. The molecule has 5 amide bonds. The number of carbonyl (C=O) groups excluding carboxylic acids is 5. The molecule has 1 fully saturated rings. The van der Waals surface area contributed by atoms with Gasteiger partial charge in [-0.25, -0.2) is 0 Å². The second kappa shape index (κ2) is 5.55. The molecular weight excluding hydrogens is 314 g/mol. The summed E-state index contributed by atoms with van der Waals surface area (Å²) in [6.45, 7) is 1.55. The highest BCUT2D eigenvalue weighted by Gasteiger charge is 2.46. The number of carbonyl (C=O) groups is 5. The van der Waals surface area contributed by atoms with Crippen LogP contribution >= 0.6 is 0 Å². The van der Waals surface area contributed by atoms with Crippen molar-refractivity contribution in [1.29, 1.82) is 0 Å². The quantitative estimate of drug-likeness (QED) is 0.735. The summed E-state index contributed by atoms with van der Waals surface area (Å²) < 4.78 is 0. The van der Waals surface area contributed by atoms with Crippen LogP contribution in [0.5, 0.6) is 0 Å². The van der Waals surface area contributed by atoms with E-state index in [1.54, 1.807) is 19.1 Å². The predicted molar refractivity (Wildman–Crippen MR) is 80.7 cm³/mol. The number of imide groups is 2. The fourth-order valence-corrected chi connectivity index (χ4v) is 3.06. The van der Waals surface area contributed by atoms with Gasteiger partial charge >= 0.3 is 0 Å². The van der Waals surface area contributed by atoms with Crippen molar-refractivity contribution < 1.29 is 24.0 Å². The molecule has 2 aliphatic heterocycles. The minimum Gasteiger partial charge on any atom is -0.369 e. The summed E-state index contributed by atoms with van der Waals surface area (Å²) in [4.78, 5) is 61.0. The van der Waals surface area contributed by atoms with Crippen molar-refractivity contribution in [3.8, 4) is 0 Å². The average molecular weight is 329 g/mol. The molecule has 1 aromatic rings. The molecular formula is C16H15N3O5. The predicted octanol–water partition coefficient (Wildman–Crippen LogP) is -0.323. The number of hydrogen-bond acceptors (Lipinski definition) is 5. The van der Waals surface area contributed by atoms with Crippen molar-refractivity contribution in [2.75, 3.05) is 0 Å². The van der Waals surface area contributed by atoms with Gasteiger partial charge in [-0.15, -0.1) is 0 Å². The van der Waals surface area contributed by atoms with E-state index in [1.807, 2.05) is 0 Å². The summed E-state index contributed by atoms with van der Waals surface area (Å²) in [6.07, 6.45) is 0.130. The van der Waals surface area contributed by atoms with E-state index in [0.717, 1.165) is 4.90 Å². The molecule has 3 rings (SSSR count). The van der Waals surface area contributed by atoms with Gasteiger partial charge in [0.25, 0.3) is 11.8 Å². The number of hydrogen-bond donors (Lipinski definition) is 2. The van der Waals surface area contributed by atoms with E-state index in [-0.39, 0.29) is 24.0 Å².